The quantitative estimate of drug-likeness (QED) is 0.714. The fourth-order valence-electron chi connectivity index (χ4n) is 4.32. The van der Waals surface area contributed by atoms with E-state index in [1.165, 1.54) is 15.6 Å². The van der Waals surface area contributed by atoms with Crippen LogP contribution in [0.4, 0.5) is 5.69 Å². The standard InChI is InChI=1S/C23H29N3O4S2/c1-17-9-10-19(32(29,30)26-12-3-2-4-13-26)15-20(17)24-22(27)18-7-5-11-25(16-18)23(28)21-8-6-14-31-21/h6,8-10,14-15,18H,2-5,7,11-13,16H2,1H3,(H,24,27). The minimum atomic E-state index is -3.58. The molecule has 1 N–H and O–H groups in total. The minimum Gasteiger partial charge on any atom is -0.337 e. The van der Waals surface area contributed by atoms with Crippen molar-refractivity contribution in [3.63, 3.8) is 0 Å². The lowest BCUT2D eigenvalue weighted by Crippen LogP contribution is -2.43. The van der Waals surface area contributed by atoms with Crippen LogP contribution < -0.4 is 5.32 Å². The van der Waals surface area contributed by atoms with E-state index in [9.17, 15) is 18.0 Å². The van der Waals surface area contributed by atoms with E-state index in [0.717, 1.165) is 31.2 Å². The normalized spacial score (nSPS) is 20.2. The van der Waals surface area contributed by atoms with Crippen LogP contribution in [0.15, 0.2) is 40.6 Å². The predicted octanol–water partition coefficient (Wildman–Crippen LogP) is 3.72. The van der Waals surface area contributed by atoms with Gasteiger partial charge in [-0.1, -0.05) is 18.6 Å². The van der Waals surface area contributed by atoms with Gasteiger partial charge in [0, 0.05) is 31.9 Å². The summed E-state index contributed by atoms with van der Waals surface area (Å²) in [6, 6.07) is 8.56. The summed E-state index contributed by atoms with van der Waals surface area (Å²) in [7, 11) is -3.58. The highest BCUT2D eigenvalue weighted by atomic mass is 32.2. The maximum atomic E-state index is 13.0. The second-order valence-corrected chi connectivity index (χ2v) is 11.4. The van der Waals surface area contributed by atoms with Gasteiger partial charge in [0.1, 0.15) is 0 Å². The molecule has 1 aromatic carbocycles. The first kappa shape index (κ1) is 22.9. The van der Waals surface area contributed by atoms with Crippen LogP contribution in [0.3, 0.4) is 0 Å². The number of amides is 2. The zero-order valence-electron chi connectivity index (χ0n) is 18.2. The minimum absolute atomic E-state index is 0.0386. The summed E-state index contributed by atoms with van der Waals surface area (Å²) in [5.41, 5.74) is 1.31. The fourth-order valence-corrected chi connectivity index (χ4v) is 6.55. The molecule has 0 aliphatic carbocycles. The smallest absolute Gasteiger partial charge is 0.263 e. The van der Waals surface area contributed by atoms with E-state index >= 15 is 0 Å². The number of nitrogens with one attached hydrogen (secondary N) is 1. The first-order valence-electron chi connectivity index (χ1n) is 11.1. The van der Waals surface area contributed by atoms with Crippen molar-refractivity contribution in [1.29, 1.82) is 0 Å². The first-order chi connectivity index (χ1) is 15.4. The zero-order valence-corrected chi connectivity index (χ0v) is 19.9. The van der Waals surface area contributed by atoms with Crippen LogP contribution in [0.1, 0.15) is 47.3 Å². The van der Waals surface area contributed by atoms with Crippen molar-refractivity contribution in [3.8, 4) is 0 Å². The molecule has 1 unspecified atom stereocenters. The maximum absolute atomic E-state index is 13.0. The molecule has 2 aliphatic rings. The molecule has 9 heteroatoms. The lowest BCUT2D eigenvalue weighted by molar-refractivity contribution is -0.121. The predicted molar refractivity (Wildman–Crippen MR) is 125 cm³/mol. The number of thiophene rings is 1. The number of hydrogen-bond acceptors (Lipinski definition) is 5. The lowest BCUT2D eigenvalue weighted by Gasteiger charge is -2.32. The number of nitrogens with zero attached hydrogens (tertiary/aromatic N) is 2. The maximum Gasteiger partial charge on any atom is 0.263 e. The van der Waals surface area contributed by atoms with E-state index in [1.54, 1.807) is 29.2 Å². The highest BCUT2D eigenvalue weighted by Crippen LogP contribution is 2.27. The SMILES string of the molecule is Cc1ccc(S(=O)(=O)N2CCCCC2)cc1NC(=O)C1CCCN(C(=O)c2cccs2)C1. The summed E-state index contributed by atoms with van der Waals surface area (Å²) >= 11 is 1.40. The molecule has 0 bridgehead atoms. The number of carbonyl (C=O) groups is 2. The molecular formula is C23H29N3O4S2. The van der Waals surface area contributed by atoms with Crippen LogP contribution in [0.5, 0.6) is 0 Å². The van der Waals surface area contributed by atoms with Crippen LogP contribution in [0.25, 0.3) is 0 Å². The number of anilines is 1. The van der Waals surface area contributed by atoms with Gasteiger partial charge in [-0.2, -0.15) is 4.31 Å². The molecule has 2 aliphatic heterocycles. The number of benzene rings is 1. The summed E-state index contributed by atoms with van der Waals surface area (Å²) in [6.45, 7) is 3.93. The molecule has 2 saturated heterocycles. The summed E-state index contributed by atoms with van der Waals surface area (Å²) < 4.78 is 27.6. The topological polar surface area (TPSA) is 86.8 Å². The molecule has 0 saturated carbocycles. The molecule has 2 amide bonds. The molecule has 2 fully saturated rings. The first-order valence-corrected chi connectivity index (χ1v) is 13.4. The van der Waals surface area contributed by atoms with Gasteiger partial charge in [-0.05, 0) is 61.7 Å². The molecule has 1 atom stereocenters. The number of carbonyl (C=O) groups excluding carboxylic acids is 2. The van der Waals surface area contributed by atoms with Crippen LogP contribution in [0, 0.1) is 12.8 Å². The summed E-state index contributed by atoms with van der Waals surface area (Å²) in [6.07, 6.45) is 4.26. The van der Waals surface area contributed by atoms with Gasteiger partial charge in [0.2, 0.25) is 15.9 Å². The Morgan fingerprint density at radius 2 is 1.84 bits per heavy atom. The van der Waals surface area contributed by atoms with Gasteiger partial charge >= 0.3 is 0 Å². The highest BCUT2D eigenvalue weighted by Gasteiger charge is 2.30. The highest BCUT2D eigenvalue weighted by molar-refractivity contribution is 7.89. The Bertz CT molecular complexity index is 1080. The Labute approximate surface area is 193 Å². The van der Waals surface area contributed by atoms with Crippen molar-refractivity contribution in [2.75, 3.05) is 31.5 Å². The van der Waals surface area contributed by atoms with Crippen molar-refractivity contribution in [2.45, 2.75) is 43.9 Å². The van der Waals surface area contributed by atoms with E-state index in [4.69, 9.17) is 0 Å². The Hall–Kier alpha value is -2.23. The van der Waals surface area contributed by atoms with Gasteiger partial charge in [-0.15, -0.1) is 11.3 Å². The Morgan fingerprint density at radius 1 is 1.06 bits per heavy atom. The van der Waals surface area contributed by atoms with Crippen LogP contribution in [0.2, 0.25) is 0 Å². The van der Waals surface area contributed by atoms with Crippen molar-refractivity contribution in [2.24, 2.45) is 5.92 Å². The average Bonchev–Trinajstić information content (AvgIpc) is 3.35. The van der Waals surface area contributed by atoms with Crippen molar-refractivity contribution in [3.05, 3.63) is 46.2 Å². The van der Waals surface area contributed by atoms with E-state index in [2.05, 4.69) is 5.32 Å². The number of sulfonamides is 1. The number of rotatable bonds is 5. The van der Waals surface area contributed by atoms with Crippen molar-refractivity contribution >= 4 is 38.9 Å². The summed E-state index contributed by atoms with van der Waals surface area (Å²) in [5.74, 6) is -0.540. The molecule has 0 radical (unpaired) electrons. The van der Waals surface area contributed by atoms with Gasteiger partial charge in [-0.25, -0.2) is 8.42 Å². The second-order valence-electron chi connectivity index (χ2n) is 8.50. The van der Waals surface area contributed by atoms with E-state index in [0.29, 0.717) is 43.2 Å². The Balaban J connectivity index is 1.47. The third-order valence-corrected chi connectivity index (χ3v) is 8.98. The molecular weight excluding hydrogens is 446 g/mol. The van der Waals surface area contributed by atoms with Crippen LogP contribution in [-0.4, -0.2) is 55.6 Å². The third kappa shape index (κ3) is 4.89. The van der Waals surface area contributed by atoms with E-state index in [-0.39, 0.29) is 22.6 Å². The molecule has 7 nitrogen and oxygen atoms in total. The van der Waals surface area contributed by atoms with Crippen molar-refractivity contribution < 1.29 is 18.0 Å². The third-order valence-electron chi connectivity index (χ3n) is 6.23. The van der Waals surface area contributed by atoms with Gasteiger partial charge in [0.05, 0.1) is 15.7 Å². The van der Waals surface area contributed by atoms with Gasteiger partial charge in [0.25, 0.3) is 5.91 Å². The number of piperidine rings is 2. The van der Waals surface area contributed by atoms with Crippen molar-refractivity contribution in [1.82, 2.24) is 9.21 Å². The largest absolute Gasteiger partial charge is 0.337 e. The second kappa shape index (κ2) is 9.72. The number of aryl methyl sites for hydroxylation is 1. The van der Waals surface area contributed by atoms with Crippen LogP contribution >= 0.6 is 11.3 Å². The number of likely N-dealkylation sites (tertiary alicyclic amines) is 1. The molecule has 32 heavy (non-hydrogen) atoms. The molecule has 4 rings (SSSR count). The Kier molecular flexibility index (Phi) is 6.97. The molecule has 172 valence electrons. The fraction of sp³-hybridized carbons (Fsp3) is 0.478. The summed E-state index contributed by atoms with van der Waals surface area (Å²) in [5, 5.41) is 4.80. The Morgan fingerprint density at radius 3 is 2.56 bits per heavy atom. The molecule has 0 spiro atoms. The van der Waals surface area contributed by atoms with Gasteiger partial charge in [0.15, 0.2) is 0 Å². The molecule has 3 heterocycles. The zero-order chi connectivity index (χ0) is 22.7. The van der Waals surface area contributed by atoms with E-state index in [1.807, 2.05) is 18.4 Å². The monoisotopic (exact) mass is 475 g/mol. The summed E-state index contributed by atoms with van der Waals surface area (Å²) in [4.78, 5) is 28.3. The van der Waals surface area contributed by atoms with Gasteiger partial charge < -0.3 is 10.2 Å². The number of hydrogen-bond donors (Lipinski definition) is 1. The van der Waals surface area contributed by atoms with E-state index < -0.39 is 10.0 Å². The van der Waals surface area contributed by atoms with Crippen LogP contribution in [-0.2, 0) is 14.8 Å². The molecule has 2 aromatic rings. The van der Waals surface area contributed by atoms with Gasteiger partial charge in [-0.3, -0.25) is 9.59 Å². The average molecular weight is 476 g/mol. The lowest BCUT2D eigenvalue weighted by atomic mass is 9.96. The molecule has 1 aromatic heterocycles.